The molecular weight excluding hydrogens is 1080 g/mol. The van der Waals surface area contributed by atoms with E-state index in [1.54, 1.807) is 24.3 Å². The van der Waals surface area contributed by atoms with E-state index in [0.29, 0.717) is 54.6 Å². The molecule has 12 rings (SSSR count). The van der Waals surface area contributed by atoms with Crippen LogP contribution in [0.4, 0.5) is 42.9 Å². The molecule has 0 saturated heterocycles. The Morgan fingerprint density at radius 1 is 0.349 bits per heavy atom. The van der Waals surface area contributed by atoms with Crippen molar-refractivity contribution in [1.29, 1.82) is 0 Å². The van der Waals surface area contributed by atoms with Gasteiger partial charge in [0.25, 0.3) is 0 Å². The van der Waals surface area contributed by atoms with Gasteiger partial charge in [-0.3, -0.25) is 0 Å². The summed E-state index contributed by atoms with van der Waals surface area (Å²) in [4.78, 5) is 2.87. The first-order chi connectivity index (χ1) is 43.8. The van der Waals surface area contributed by atoms with Gasteiger partial charge in [0.2, 0.25) is 0 Å². The van der Waals surface area contributed by atoms with Gasteiger partial charge in [-0.05, 0) is 127 Å². The van der Waals surface area contributed by atoms with Crippen molar-refractivity contribution >= 4 is 120 Å². The van der Waals surface area contributed by atoms with E-state index in [1.807, 2.05) is 84.9 Å². The number of nitrogens with zero attached hydrogens (tertiary/aromatic N) is 2. The van der Waals surface area contributed by atoms with E-state index in [4.69, 9.17) is 8.22 Å². The van der Waals surface area contributed by atoms with Crippen LogP contribution in [-0.4, -0.2) is 33.0 Å². The third-order valence-corrected chi connectivity index (χ3v) is 23.8. The van der Waals surface area contributed by atoms with Crippen LogP contribution >= 0.6 is 0 Å². The number of hydrogen-bond donors (Lipinski definition) is 0. The van der Waals surface area contributed by atoms with E-state index in [1.165, 1.54) is 42.7 Å². The van der Waals surface area contributed by atoms with E-state index >= 15 is 8.78 Å². The normalized spacial score (nSPS) is 14.0. The van der Waals surface area contributed by atoms with Crippen LogP contribution < -0.4 is 30.5 Å². The quantitative estimate of drug-likeness (QED) is 0.0791. The van der Waals surface area contributed by atoms with Crippen LogP contribution in [0.2, 0.25) is 72.0 Å². The van der Waals surface area contributed by atoms with Crippen molar-refractivity contribution < 1.29 is 22.5 Å². The SMILES string of the molecule is [2H]c1c([2H])c([2H])c(N(c2cc(-c3ccc([Si](C)(C)C)cc3)c(-c3ccc([Si](C)C)cc3)cc2F)c2ccc3ccc4c(N(c5cc(-c6ccc([Si](C)(C)C)cc6)c(-c6ccc([Si](C)(C)C)cc6)cc5F)c5c([2H])c([2H])c([2H])c([2H])c5[2H])ccc5ccc2c3c54)c([2H])c1[2H]. The summed E-state index contributed by atoms with van der Waals surface area (Å²) in [7, 11) is -6.11. The van der Waals surface area contributed by atoms with Crippen molar-refractivity contribution in [2.75, 3.05) is 9.80 Å². The largest absolute Gasteiger partial charge is 0.307 e. The number of halogens is 2. The Labute approximate surface area is 508 Å². The molecule has 0 bridgehead atoms. The molecule has 12 aromatic carbocycles. The minimum Gasteiger partial charge on any atom is -0.307 e. The Morgan fingerprint density at radius 3 is 0.964 bits per heavy atom. The third kappa shape index (κ3) is 10.6. The monoisotopic (exact) mass is 1160 g/mol. The Kier molecular flexibility index (Phi) is 11.6. The van der Waals surface area contributed by atoms with Gasteiger partial charge >= 0.3 is 0 Å². The molecule has 0 aliphatic carbocycles. The molecule has 0 aliphatic heterocycles. The highest BCUT2D eigenvalue weighted by molar-refractivity contribution is 6.89. The molecule has 83 heavy (non-hydrogen) atoms. The first-order valence-corrected chi connectivity index (χ1v) is 41.2. The molecule has 411 valence electrons. The first kappa shape index (κ1) is 44.6. The Balaban J connectivity index is 1.15. The summed E-state index contributed by atoms with van der Waals surface area (Å²) in [6.07, 6.45) is 0. The highest BCUT2D eigenvalue weighted by Crippen LogP contribution is 2.50. The van der Waals surface area contributed by atoms with Crippen LogP contribution in [0.1, 0.15) is 13.7 Å². The number of anilines is 6. The summed E-state index contributed by atoms with van der Waals surface area (Å²) in [6.45, 7) is 24.9. The fourth-order valence-electron chi connectivity index (χ4n) is 11.5. The first-order valence-electron chi connectivity index (χ1n) is 33.2. The Morgan fingerprint density at radius 2 is 0.651 bits per heavy atom. The predicted molar refractivity (Wildman–Crippen MR) is 367 cm³/mol. The zero-order valence-electron chi connectivity index (χ0n) is 58.8. The predicted octanol–water partition coefficient (Wildman–Crippen LogP) is 20.1. The second-order valence-corrected chi connectivity index (χ2v) is 42.8. The second-order valence-electron chi connectivity index (χ2n) is 25.0. The van der Waals surface area contributed by atoms with Crippen LogP contribution in [0.25, 0.3) is 76.8 Å². The number of benzene rings is 12. The van der Waals surface area contributed by atoms with Gasteiger partial charge < -0.3 is 9.80 Å². The minimum absolute atomic E-state index is 0.0780. The lowest BCUT2D eigenvalue weighted by Crippen LogP contribution is -2.37. The average Bonchev–Trinajstić information content (AvgIpc) is 0.716. The van der Waals surface area contributed by atoms with Crippen LogP contribution in [0.3, 0.4) is 0 Å². The Bertz CT molecular complexity index is 4910. The zero-order chi connectivity index (χ0) is 66.8. The molecule has 0 saturated carbocycles. The van der Waals surface area contributed by atoms with Gasteiger partial charge in [-0.1, -0.05) is 262 Å². The van der Waals surface area contributed by atoms with Crippen LogP contribution in [0.5, 0.6) is 0 Å². The molecule has 8 heteroatoms. The minimum atomic E-state index is -1.78. The topological polar surface area (TPSA) is 6.48 Å². The highest BCUT2D eigenvalue weighted by atomic mass is 28.3. The van der Waals surface area contributed by atoms with E-state index in [9.17, 15) is 5.48 Å². The molecule has 0 N–H and O–H groups in total. The average molecular weight is 1160 g/mol. The molecule has 0 fully saturated rings. The molecule has 0 heterocycles. The lowest BCUT2D eigenvalue weighted by molar-refractivity contribution is 0.629. The molecule has 0 atom stereocenters. The van der Waals surface area contributed by atoms with Gasteiger partial charge in [0, 0.05) is 22.1 Å². The van der Waals surface area contributed by atoms with Crippen molar-refractivity contribution in [3.05, 3.63) is 242 Å². The van der Waals surface area contributed by atoms with E-state index < -0.39 is 105 Å². The van der Waals surface area contributed by atoms with Gasteiger partial charge in [0.05, 0.1) is 69.5 Å². The zero-order valence-corrected chi connectivity index (χ0v) is 52.8. The molecule has 0 spiro atoms. The van der Waals surface area contributed by atoms with E-state index in [2.05, 4.69) is 121 Å². The van der Waals surface area contributed by atoms with Gasteiger partial charge in [0.1, 0.15) is 11.6 Å². The maximum absolute atomic E-state index is 18.3. The molecule has 12 aromatic rings. The summed E-state index contributed by atoms with van der Waals surface area (Å²) in [5, 5.41) is 8.57. The molecule has 2 nitrogen and oxygen atoms in total. The summed E-state index contributed by atoms with van der Waals surface area (Å²) in [5.74, 6) is -1.44. The van der Waals surface area contributed by atoms with E-state index in [0.717, 1.165) is 22.3 Å². The Hall–Kier alpha value is -7.99. The van der Waals surface area contributed by atoms with Crippen molar-refractivity contribution in [1.82, 2.24) is 0 Å². The maximum atomic E-state index is 18.3. The standard InChI is InChI=1S/C75H71F2N2Si4/c1-80(2)58-34-22-50(23-35-58)64-46-68(76)72(48-66(64)52-26-38-60(39-27-52)82(6,7)8)78(56-18-14-12-15-19-56)70-44-32-54-31-43-63-71(45-33-55-30-42-62(70)74(54)75(55)63)79(57-20-16-13-17-21-57)73-49-67(53-28-40-61(41-29-53)83(9,10)11)65(47-69(73)77)51-24-36-59(37-25-51)81(3,4)5/h12-49H,1-11H3/i12D,13D,14D,15D,16D,17D,18D,19D,20D,21D. The van der Waals surface area contributed by atoms with Crippen LogP contribution in [0, 0.1) is 11.6 Å². The number of rotatable bonds is 14. The fraction of sp³-hybridized carbons (Fsp3) is 0.147. The summed E-state index contributed by atoms with van der Waals surface area (Å²) in [6, 6.07) is 48.3. The number of hydrogen-bond acceptors (Lipinski definition) is 2. The lowest BCUT2D eigenvalue weighted by Gasteiger charge is -2.30. The highest BCUT2D eigenvalue weighted by Gasteiger charge is 2.28. The van der Waals surface area contributed by atoms with Crippen LogP contribution in [-0.2, 0) is 0 Å². The maximum Gasteiger partial charge on any atom is 0.147 e. The van der Waals surface area contributed by atoms with Gasteiger partial charge in [0.15, 0.2) is 0 Å². The van der Waals surface area contributed by atoms with Gasteiger partial charge in [-0.2, -0.15) is 0 Å². The summed E-state index contributed by atoms with van der Waals surface area (Å²) in [5.41, 5.74) is 5.48. The van der Waals surface area contributed by atoms with Crippen molar-refractivity contribution in [3.63, 3.8) is 0 Å². The third-order valence-electron chi connectivity index (χ3n) is 16.1. The summed E-state index contributed by atoms with van der Waals surface area (Å²) < 4.78 is 129. The van der Waals surface area contributed by atoms with E-state index in [-0.39, 0.29) is 34.1 Å². The van der Waals surface area contributed by atoms with Gasteiger partial charge in [-0.15, -0.1) is 0 Å². The fourth-order valence-corrected chi connectivity index (χ4v) is 15.8. The second kappa shape index (κ2) is 21.6. The van der Waals surface area contributed by atoms with Gasteiger partial charge in [-0.25, -0.2) is 8.78 Å². The summed E-state index contributed by atoms with van der Waals surface area (Å²) >= 11 is 0. The van der Waals surface area contributed by atoms with Crippen molar-refractivity contribution in [3.8, 4) is 44.5 Å². The molecule has 1 radical (unpaired) electrons. The smallest absolute Gasteiger partial charge is 0.147 e. The van der Waals surface area contributed by atoms with Crippen molar-refractivity contribution in [2.45, 2.75) is 72.0 Å². The molecule has 0 aliphatic rings. The van der Waals surface area contributed by atoms with Crippen molar-refractivity contribution in [2.24, 2.45) is 0 Å². The van der Waals surface area contributed by atoms with Crippen LogP contribution in [0.15, 0.2) is 230 Å². The molecule has 0 unspecified atom stereocenters. The molecular formula is C75H71F2N2Si4. The number of para-hydroxylation sites is 2. The molecule has 0 amide bonds. The lowest BCUT2D eigenvalue weighted by atomic mass is 9.90. The molecule has 0 aromatic heterocycles.